The summed E-state index contributed by atoms with van der Waals surface area (Å²) in [7, 11) is 0. The Balaban J connectivity index is 1.84. The normalized spacial score (nSPS) is 21.7. The number of phenols is 1. The number of hydrogen-bond donors (Lipinski definition) is 1. The van der Waals surface area contributed by atoms with Crippen LogP contribution < -0.4 is 0 Å². The summed E-state index contributed by atoms with van der Waals surface area (Å²) in [4.78, 5) is 2.45. The van der Waals surface area contributed by atoms with Crippen LogP contribution in [0.2, 0.25) is 0 Å². The molecule has 3 rings (SSSR count). The third kappa shape index (κ3) is 3.39. The van der Waals surface area contributed by atoms with Crippen molar-refractivity contribution in [1.29, 1.82) is 0 Å². The minimum absolute atomic E-state index is 0.302. The molecule has 0 radical (unpaired) electrons. The van der Waals surface area contributed by atoms with Crippen molar-refractivity contribution in [3.05, 3.63) is 64.7 Å². The Hall–Kier alpha value is -1.51. The zero-order chi connectivity index (χ0) is 16.4. The number of nitrogens with zero attached hydrogens (tertiary/aromatic N) is 1. The minimum Gasteiger partial charge on any atom is -0.507 e. The molecule has 1 aliphatic heterocycles. The van der Waals surface area contributed by atoms with E-state index in [0.717, 1.165) is 36.3 Å². The predicted octanol–water partition coefficient (Wildman–Crippen LogP) is 4.46. The Morgan fingerprint density at radius 3 is 2.43 bits per heavy atom. The third-order valence-electron chi connectivity index (χ3n) is 4.97. The lowest BCUT2D eigenvalue weighted by Crippen LogP contribution is -2.20. The van der Waals surface area contributed by atoms with Crippen LogP contribution in [0.5, 0.6) is 5.75 Å². The smallest absolute Gasteiger partial charge is 0.122 e. The van der Waals surface area contributed by atoms with E-state index >= 15 is 0 Å². The highest BCUT2D eigenvalue weighted by Gasteiger charge is 2.35. The molecular weight excluding hydrogens is 306 g/mol. The highest BCUT2D eigenvalue weighted by atomic mass is 35.5. The van der Waals surface area contributed by atoms with Crippen LogP contribution in [0, 0.1) is 19.8 Å². The van der Waals surface area contributed by atoms with Gasteiger partial charge in [-0.15, -0.1) is 11.6 Å². The second kappa shape index (κ2) is 6.94. The molecular formula is C20H24ClNO. The molecule has 2 aromatic carbocycles. The fraction of sp³-hybridized carbons (Fsp3) is 0.400. The number of rotatable bonds is 4. The number of likely N-dealkylation sites (tertiary alicyclic amines) is 1. The Labute approximate surface area is 143 Å². The molecule has 0 bridgehead atoms. The van der Waals surface area contributed by atoms with Gasteiger partial charge in [-0.1, -0.05) is 42.5 Å². The summed E-state index contributed by atoms with van der Waals surface area (Å²) < 4.78 is 0. The molecule has 1 aliphatic rings. The summed E-state index contributed by atoms with van der Waals surface area (Å²) in [6.45, 7) is 6.92. The maximum Gasteiger partial charge on any atom is 0.122 e. The molecule has 1 N–H and O–H groups in total. The molecule has 0 saturated carbocycles. The highest BCUT2D eigenvalue weighted by molar-refractivity contribution is 6.18. The van der Waals surface area contributed by atoms with Crippen LogP contribution in [-0.4, -0.2) is 29.0 Å². The molecule has 3 heteroatoms. The lowest BCUT2D eigenvalue weighted by atomic mass is 9.85. The molecule has 0 amide bonds. The largest absolute Gasteiger partial charge is 0.507 e. The van der Waals surface area contributed by atoms with E-state index < -0.39 is 0 Å². The molecule has 0 spiro atoms. The number of aromatic hydroxyl groups is 1. The average Bonchev–Trinajstić information content (AvgIpc) is 2.95. The van der Waals surface area contributed by atoms with Crippen molar-refractivity contribution in [3.63, 3.8) is 0 Å². The van der Waals surface area contributed by atoms with Crippen LogP contribution in [0.3, 0.4) is 0 Å². The first-order valence-electron chi connectivity index (χ1n) is 8.21. The summed E-state index contributed by atoms with van der Waals surface area (Å²) in [5, 5.41) is 10.6. The maximum absolute atomic E-state index is 10.6. The van der Waals surface area contributed by atoms with Gasteiger partial charge in [0, 0.05) is 37.0 Å². The first-order valence-corrected chi connectivity index (χ1v) is 8.75. The molecule has 122 valence electrons. The molecule has 1 heterocycles. The standard InChI is InChI=1S/C20H24ClNO/c1-14-8-9-15(2)20(23)19(14)18-13-22(12-17(18)10-21)11-16-6-4-3-5-7-16/h3-9,17-18,23H,10-13H2,1-2H3. The summed E-state index contributed by atoms with van der Waals surface area (Å²) >= 11 is 6.26. The van der Waals surface area contributed by atoms with Crippen LogP contribution in [0.15, 0.2) is 42.5 Å². The molecule has 1 saturated heterocycles. The number of phenolic OH excluding ortho intramolecular Hbond substituents is 1. The molecule has 0 aromatic heterocycles. The number of alkyl halides is 1. The Bertz CT molecular complexity index is 671. The summed E-state index contributed by atoms with van der Waals surface area (Å²) in [6.07, 6.45) is 0. The molecule has 2 unspecified atom stereocenters. The van der Waals surface area contributed by atoms with Gasteiger partial charge in [0.1, 0.15) is 5.75 Å². The van der Waals surface area contributed by atoms with Crippen molar-refractivity contribution < 1.29 is 5.11 Å². The quantitative estimate of drug-likeness (QED) is 0.837. The van der Waals surface area contributed by atoms with Gasteiger partial charge < -0.3 is 5.11 Å². The fourth-order valence-corrected chi connectivity index (χ4v) is 4.01. The van der Waals surface area contributed by atoms with E-state index in [1.165, 1.54) is 5.56 Å². The molecule has 2 aromatic rings. The topological polar surface area (TPSA) is 23.5 Å². The second-order valence-corrected chi connectivity index (χ2v) is 6.97. The Kier molecular flexibility index (Phi) is 4.93. The first-order chi connectivity index (χ1) is 11.1. The van der Waals surface area contributed by atoms with Crippen molar-refractivity contribution in [2.75, 3.05) is 19.0 Å². The number of halogens is 1. The van der Waals surface area contributed by atoms with Crippen molar-refractivity contribution in [1.82, 2.24) is 4.90 Å². The van der Waals surface area contributed by atoms with E-state index in [0.29, 0.717) is 23.5 Å². The molecule has 0 aliphatic carbocycles. The first kappa shape index (κ1) is 16.4. The molecule has 2 nitrogen and oxygen atoms in total. The van der Waals surface area contributed by atoms with Gasteiger partial charge in [0.25, 0.3) is 0 Å². The van der Waals surface area contributed by atoms with Gasteiger partial charge in [0.15, 0.2) is 0 Å². The van der Waals surface area contributed by atoms with E-state index in [1.807, 2.05) is 19.1 Å². The zero-order valence-electron chi connectivity index (χ0n) is 13.8. The van der Waals surface area contributed by atoms with Crippen molar-refractivity contribution in [2.45, 2.75) is 26.3 Å². The maximum atomic E-state index is 10.6. The Morgan fingerprint density at radius 1 is 1.04 bits per heavy atom. The molecule has 2 atom stereocenters. The monoisotopic (exact) mass is 329 g/mol. The van der Waals surface area contributed by atoms with Gasteiger partial charge in [-0.2, -0.15) is 0 Å². The second-order valence-electron chi connectivity index (χ2n) is 6.66. The third-order valence-corrected chi connectivity index (χ3v) is 5.37. The lowest BCUT2D eigenvalue weighted by Gasteiger charge is -2.21. The summed E-state index contributed by atoms with van der Waals surface area (Å²) in [5.41, 5.74) is 4.52. The van der Waals surface area contributed by atoms with Gasteiger partial charge in [-0.3, -0.25) is 4.90 Å². The fourth-order valence-electron chi connectivity index (χ4n) is 3.70. The SMILES string of the molecule is Cc1ccc(C)c(C2CN(Cc3ccccc3)CC2CCl)c1O. The summed E-state index contributed by atoms with van der Waals surface area (Å²) in [6, 6.07) is 14.6. The van der Waals surface area contributed by atoms with E-state index in [9.17, 15) is 5.11 Å². The van der Waals surface area contributed by atoms with Crippen LogP contribution in [-0.2, 0) is 6.54 Å². The minimum atomic E-state index is 0.302. The average molecular weight is 330 g/mol. The number of hydrogen-bond acceptors (Lipinski definition) is 2. The van der Waals surface area contributed by atoms with E-state index in [2.05, 4.69) is 42.2 Å². The van der Waals surface area contributed by atoms with Gasteiger partial charge in [-0.05, 0) is 36.5 Å². The summed E-state index contributed by atoms with van der Waals surface area (Å²) in [5.74, 6) is 1.76. The van der Waals surface area contributed by atoms with Gasteiger partial charge in [-0.25, -0.2) is 0 Å². The Morgan fingerprint density at radius 2 is 1.74 bits per heavy atom. The molecule has 23 heavy (non-hydrogen) atoms. The van der Waals surface area contributed by atoms with E-state index in [-0.39, 0.29) is 0 Å². The van der Waals surface area contributed by atoms with Crippen LogP contribution >= 0.6 is 11.6 Å². The van der Waals surface area contributed by atoms with Crippen molar-refractivity contribution >= 4 is 11.6 Å². The van der Waals surface area contributed by atoms with E-state index in [4.69, 9.17) is 11.6 Å². The number of benzene rings is 2. The van der Waals surface area contributed by atoms with Crippen LogP contribution in [0.1, 0.15) is 28.2 Å². The van der Waals surface area contributed by atoms with Crippen molar-refractivity contribution in [2.24, 2.45) is 5.92 Å². The van der Waals surface area contributed by atoms with Crippen LogP contribution in [0.25, 0.3) is 0 Å². The van der Waals surface area contributed by atoms with Gasteiger partial charge in [0.2, 0.25) is 0 Å². The van der Waals surface area contributed by atoms with Gasteiger partial charge >= 0.3 is 0 Å². The van der Waals surface area contributed by atoms with Crippen LogP contribution in [0.4, 0.5) is 0 Å². The predicted molar refractivity (Wildman–Crippen MR) is 96.3 cm³/mol. The van der Waals surface area contributed by atoms with Gasteiger partial charge in [0.05, 0.1) is 0 Å². The van der Waals surface area contributed by atoms with Crippen molar-refractivity contribution in [3.8, 4) is 5.75 Å². The highest BCUT2D eigenvalue weighted by Crippen LogP contribution is 2.41. The van der Waals surface area contributed by atoms with E-state index in [1.54, 1.807) is 0 Å². The number of aryl methyl sites for hydroxylation is 2. The lowest BCUT2D eigenvalue weighted by molar-refractivity contribution is 0.319. The zero-order valence-corrected chi connectivity index (χ0v) is 14.6. The molecule has 1 fully saturated rings.